The molecule has 0 saturated heterocycles. The van der Waals surface area contributed by atoms with Crippen LogP contribution in [0.3, 0.4) is 0 Å². The summed E-state index contributed by atoms with van der Waals surface area (Å²) in [4.78, 5) is 11.8. The van der Waals surface area contributed by atoms with Crippen LogP contribution in [0.5, 0.6) is 6.01 Å². The Morgan fingerprint density at radius 3 is 2.40 bits per heavy atom. The van der Waals surface area contributed by atoms with E-state index in [1.165, 1.54) is 6.26 Å². The van der Waals surface area contributed by atoms with Gasteiger partial charge in [0, 0.05) is 12.8 Å². The minimum Gasteiger partial charge on any atom is -0.461 e. The zero-order valence-corrected chi connectivity index (χ0v) is 13.2. The summed E-state index contributed by atoms with van der Waals surface area (Å²) >= 11 is 0. The number of ether oxygens (including phenoxy) is 1. The van der Waals surface area contributed by atoms with Crippen LogP contribution in [0.25, 0.3) is 0 Å². The third-order valence-electron chi connectivity index (χ3n) is 2.65. The number of rotatable bonds is 6. The first-order valence-corrected chi connectivity index (χ1v) is 8.02. The standard InChI is InChI=1S/C11H21N5O3S/c1-7(2)19-10-15-8(12)14-9(16-10)13-6-11(3,4)20(5,17)18/h7H,6H2,1-5H3,(H3,12,13,14,15,16). The molecule has 114 valence electrons. The number of nitrogen functional groups attached to an aromatic ring is 1. The molecule has 0 atom stereocenters. The van der Waals surface area contributed by atoms with Crippen molar-refractivity contribution in [2.45, 2.75) is 38.5 Å². The predicted molar refractivity (Wildman–Crippen MR) is 77.4 cm³/mol. The minimum absolute atomic E-state index is 0.00955. The molecule has 9 heteroatoms. The van der Waals surface area contributed by atoms with Crippen molar-refractivity contribution in [3.8, 4) is 6.01 Å². The van der Waals surface area contributed by atoms with Crippen molar-refractivity contribution >= 4 is 21.7 Å². The number of nitrogens with one attached hydrogen (secondary N) is 1. The molecule has 0 aliphatic carbocycles. The maximum atomic E-state index is 11.6. The number of hydrogen-bond acceptors (Lipinski definition) is 8. The fourth-order valence-electron chi connectivity index (χ4n) is 1.14. The highest BCUT2D eigenvalue weighted by molar-refractivity contribution is 7.92. The Balaban J connectivity index is 2.86. The normalized spacial score (nSPS) is 12.5. The van der Waals surface area contributed by atoms with Crippen LogP contribution in [0.15, 0.2) is 0 Å². The van der Waals surface area contributed by atoms with Crippen LogP contribution < -0.4 is 15.8 Å². The van der Waals surface area contributed by atoms with Crippen LogP contribution in [0.1, 0.15) is 27.7 Å². The van der Waals surface area contributed by atoms with E-state index in [2.05, 4.69) is 20.3 Å². The second-order valence-electron chi connectivity index (χ2n) is 5.35. The summed E-state index contributed by atoms with van der Waals surface area (Å²) < 4.78 is 27.6. The highest BCUT2D eigenvalue weighted by Crippen LogP contribution is 2.16. The van der Waals surface area contributed by atoms with Crippen molar-refractivity contribution < 1.29 is 13.2 Å². The second-order valence-corrected chi connectivity index (χ2v) is 8.00. The molecule has 1 aromatic heterocycles. The van der Waals surface area contributed by atoms with Crippen molar-refractivity contribution in [1.29, 1.82) is 0 Å². The maximum Gasteiger partial charge on any atom is 0.323 e. The first kappa shape index (κ1) is 16.4. The van der Waals surface area contributed by atoms with Crippen LogP contribution in [0.2, 0.25) is 0 Å². The largest absolute Gasteiger partial charge is 0.461 e. The van der Waals surface area contributed by atoms with Crippen LogP contribution in [0.4, 0.5) is 11.9 Å². The Bertz CT molecular complexity index is 571. The molecular formula is C11H21N5O3S. The number of anilines is 2. The van der Waals surface area contributed by atoms with Crippen LogP contribution in [0, 0.1) is 0 Å². The van der Waals surface area contributed by atoms with Crippen LogP contribution >= 0.6 is 0 Å². The summed E-state index contributed by atoms with van der Waals surface area (Å²) in [5.74, 6) is 0.195. The Labute approximate surface area is 119 Å². The third kappa shape index (κ3) is 4.48. The van der Waals surface area contributed by atoms with Crippen molar-refractivity contribution in [3.63, 3.8) is 0 Å². The van der Waals surface area contributed by atoms with Gasteiger partial charge in [0.2, 0.25) is 11.9 Å². The average molecular weight is 303 g/mol. The Morgan fingerprint density at radius 2 is 1.90 bits per heavy atom. The van der Waals surface area contributed by atoms with Gasteiger partial charge in [-0.1, -0.05) is 0 Å². The monoisotopic (exact) mass is 303 g/mol. The third-order valence-corrected chi connectivity index (χ3v) is 4.80. The Hall–Kier alpha value is -1.64. The second kappa shape index (κ2) is 5.78. The maximum absolute atomic E-state index is 11.6. The van der Waals surface area contributed by atoms with E-state index in [1.54, 1.807) is 13.8 Å². The van der Waals surface area contributed by atoms with Crippen molar-refractivity contribution in [3.05, 3.63) is 0 Å². The van der Waals surface area contributed by atoms with E-state index in [9.17, 15) is 8.42 Å². The summed E-state index contributed by atoms with van der Waals surface area (Å²) in [6, 6.07) is 0.104. The molecule has 20 heavy (non-hydrogen) atoms. The predicted octanol–water partition coefficient (Wildman–Crippen LogP) is 0.476. The van der Waals surface area contributed by atoms with Gasteiger partial charge in [0.1, 0.15) is 0 Å². The van der Waals surface area contributed by atoms with Gasteiger partial charge in [0.25, 0.3) is 0 Å². The van der Waals surface area contributed by atoms with Crippen LogP contribution in [-0.4, -0.2) is 47.0 Å². The molecule has 0 amide bonds. The zero-order chi connectivity index (χ0) is 15.6. The first-order chi connectivity index (χ1) is 9.01. The lowest BCUT2D eigenvalue weighted by molar-refractivity contribution is 0.222. The van der Waals surface area contributed by atoms with Crippen molar-refractivity contribution in [2.24, 2.45) is 0 Å². The fourth-order valence-corrected chi connectivity index (χ4v) is 1.47. The molecule has 3 N–H and O–H groups in total. The Morgan fingerprint density at radius 1 is 1.30 bits per heavy atom. The number of sulfone groups is 1. The van der Waals surface area contributed by atoms with Gasteiger partial charge in [-0.25, -0.2) is 8.42 Å². The Kier molecular flexibility index (Phi) is 4.74. The van der Waals surface area contributed by atoms with E-state index in [0.29, 0.717) is 0 Å². The molecule has 0 aromatic carbocycles. The minimum atomic E-state index is -3.21. The molecule has 0 radical (unpaired) electrons. The number of aromatic nitrogens is 3. The average Bonchev–Trinajstić information content (AvgIpc) is 2.23. The van der Waals surface area contributed by atoms with E-state index in [1.807, 2.05) is 13.8 Å². The van der Waals surface area contributed by atoms with Gasteiger partial charge in [-0.2, -0.15) is 15.0 Å². The van der Waals surface area contributed by atoms with Gasteiger partial charge in [-0.05, 0) is 27.7 Å². The number of hydrogen-bond donors (Lipinski definition) is 2. The van der Waals surface area contributed by atoms with Crippen molar-refractivity contribution in [2.75, 3.05) is 23.9 Å². The summed E-state index contributed by atoms with van der Waals surface area (Å²) in [7, 11) is -3.21. The highest BCUT2D eigenvalue weighted by atomic mass is 32.2. The lowest BCUT2D eigenvalue weighted by atomic mass is 10.2. The SMILES string of the molecule is CC(C)Oc1nc(N)nc(NCC(C)(C)S(C)(=O)=O)n1. The van der Waals surface area contributed by atoms with Gasteiger partial charge in [-0.15, -0.1) is 0 Å². The van der Waals surface area contributed by atoms with Gasteiger partial charge >= 0.3 is 6.01 Å². The summed E-state index contributed by atoms with van der Waals surface area (Å²) in [6.07, 6.45) is 1.08. The first-order valence-electron chi connectivity index (χ1n) is 6.13. The topological polar surface area (TPSA) is 120 Å². The quantitative estimate of drug-likeness (QED) is 0.778. The van der Waals surface area contributed by atoms with Gasteiger partial charge in [0.15, 0.2) is 9.84 Å². The smallest absolute Gasteiger partial charge is 0.323 e. The van der Waals surface area contributed by atoms with Crippen LogP contribution in [-0.2, 0) is 9.84 Å². The fraction of sp³-hybridized carbons (Fsp3) is 0.727. The molecule has 0 spiro atoms. The van der Waals surface area contributed by atoms with Gasteiger partial charge in [0.05, 0.1) is 10.9 Å². The zero-order valence-electron chi connectivity index (χ0n) is 12.3. The summed E-state index contributed by atoms with van der Waals surface area (Å²) in [5.41, 5.74) is 5.56. The van der Waals surface area contributed by atoms with Gasteiger partial charge in [-0.3, -0.25) is 0 Å². The van der Waals surface area contributed by atoms with E-state index < -0.39 is 14.6 Å². The molecule has 1 heterocycles. The molecule has 0 unspecified atom stereocenters. The number of nitrogens with two attached hydrogens (primary N) is 1. The molecule has 0 bridgehead atoms. The van der Waals surface area contributed by atoms with E-state index in [-0.39, 0.29) is 30.6 Å². The molecule has 0 aliphatic rings. The molecule has 1 aromatic rings. The lowest BCUT2D eigenvalue weighted by Gasteiger charge is -2.22. The molecular weight excluding hydrogens is 282 g/mol. The van der Waals surface area contributed by atoms with Crippen molar-refractivity contribution in [1.82, 2.24) is 15.0 Å². The highest BCUT2D eigenvalue weighted by Gasteiger charge is 2.30. The van der Waals surface area contributed by atoms with E-state index >= 15 is 0 Å². The van der Waals surface area contributed by atoms with Gasteiger partial charge < -0.3 is 15.8 Å². The summed E-state index contributed by atoms with van der Waals surface area (Å²) in [6.45, 7) is 7.05. The molecule has 0 fully saturated rings. The van der Waals surface area contributed by atoms with E-state index in [4.69, 9.17) is 10.5 Å². The lowest BCUT2D eigenvalue weighted by Crippen LogP contribution is -2.38. The number of nitrogens with zero attached hydrogens (tertiary/aromatic N) is 3. The molecule has 0 saturated carbocycles. The molecule has 0 aliphatic heterocycles. The molecule has 1 rings (SSSR count). The van der Waals surface area contributed by atoms with E-state index in [0.717, 1.165) is 0 Å². The molecule has 8 nitrogen and oxygen atoms in total. The summed E-state index contributed by atoms with van der Waals surface area (Å²) in [5, 5.41) is 2.84.